The fourth-order valence-electron chi connectivity index (χ4n) is 2.06. The number of nitrogens with zero attached hydrogens (tertiary/aromatic N) is 1. The standard InChI is InChI=1S/C13H18N2O5S/c16-13(17)12-3-1-2-11(10-12)4-5-14-21(18,19)15-6-8-20-9-7-15/h1-3,10,14H,4-9H2,(H,16,17). The fraction of sp³-hybridized carbons (Fsp3) is 0.462. The van der Waals surface area contributed by atoms with E-state index in [1.165, 1.54) is 10.4 Å². The van der Waals surface area contributed by atoms with Crippen LogP contribution < -0.4 is 4.72 Å². The van der Waals surface area contributed by atoms with Crippen molar-refractivity contribution in [1.29, 1.82) is 0 Å². The minimum Gasteiger partial charge on any atom is -0.478 e. The zero-order chi connectivity index (χ0) is 15.3. The first kappa shape index (κ1) is 15.9. The van der Waals surface area contributed by atoms with E-state index in [4.69, 9.17) is 9.84 Å². The van der Waals surface area contributed by atoms with Gasteiger partial charge in [-0.25, -0.2) is 9.52 Å². The average molecular weight is 314 g/mol. The van der Waals surface area contributed by atoms with Crippen LogP contribution >= 0.6 is 0 Å². The molecule has 1 saturated heterocycles. The van der Waals surface area contributed by atoms with Gasteiger partial charge in [-0.1, -0.05) is 12.1 Å². The van der Waals surface area contributed by atoms with Gasteiger partial charge in [0.1, 0.15) is 0 Å². The van der Waals surface area contributed by atoms with Crippen LogP contribution in [0.2, 0.25) is 0 Å². The molecule has 0 amide bonds. The maximum Gasteiger partial charge on any atom is 0.335 e. The van der Waals surface area contributed by atoms with Gasteiger partial charge in [-0.05, 0) is 24.1 Å². The largest absolute Gasteiger partial charge is 0.478 e. The van der Waals surface area contributed by atoms with Gasteiger partial charge in [0, 0.05) is 19.6 Å². The highest BCUT2D eigenvalue weighted by Gasteiger charge is 2.23. The summed E-state index contributed by atoms with van der Waals surface area (Å²) >= 11 is 0. The van der Waals surface area contributed by atoms with Gasteiger partial charge in [0.15, 0.2) is 0 Å². The molecule has 1 aliphatic heterocycles. The SMILES string of the molecule is O=C(O)c1cccc(CCNS(=O)(=O)N2CCOCC2)c1. The van der Waals surface area contributed by atoms with Crippen LogP contribution in [-0.2, 0) is 21.4 Å². The molecule has 7 nitrogen and oxygen atoms in total. The maximum absolute atomic E-state index is 12.0. The molecule has 21 heavy (non-hydrogen) atoms. The van der Waals surface area contributed by atoms with Crippen LogP contribution in [0.4, 0.5) is 0 Å². The van der Waals surface area contributed by atoms with Gasteiger partial charge in [0.05, 0.1) is 18.8 Å². The van der Waals surface area contributed by atoms with Gasteiger partial charge >= 0.3 is 5.97 Å². The highest BCUT2D eigenvalue weighted by molar-refractivity contribution is 7.87. The molecule has 0 spiro atoms. The van der Waals surface area contributed by atoms with Crippen molar-refractivity contribution in [3.05, 3.63) is 35.4 Å². The minimum absolute atomic E-state index is 0.198. The number of aromatic carboxylic acids is 1. The normalized spacial score (nSPS) is 16.8. The molecular weight excluding hydrogens is 296 g/mol. The van der Waals surface area contributed by atoms with Gasteiger partial charge in [-0.15, -0.1) is 0 Å². The Morgan fingerprint density at radius 2 is 2.05 bits per heavy atom. The molecule has 0 atom stereocenters. The first-order chi connectivity index (χ1) is 9.99. The van der Waals surface area contributed by atoms with E-state index in [0.717, 1.165) is 5.56 Å². The molecule has 1 fully saturated rings. The van der Waals surface area contributed by atoms with Crippen molar-refractivity contribution >= 4 is 16.2 Å². The van der Waals surface area contributed by atoms with Crippen LogP contribution in [0.5, 0.6) is 0 Å². The van der Waals surface area contributed by atoms with E-state index < -0.39 is 16.2 Å². The number of hydrogen-bond donors (Lipinski definition) is 2. The van der Waals surface area contributed by atoms with Crippen molar-refractivity contribution in [2.24, 2.45) is 0 Å². The summed E-state index contributed by atoms with van der Waals surface area (Å²) in [6, 6.07) is 6.47. The lowest BCUT2D eigenvalue weighted by Gasteiger charge is -2.26. The van der Waals surface area contributed by atoms with Gasteiger partial charge in [0.25, 0.3) is 10.2 Å². The zero-order valence-corrected chi connectivity index (χ0v) is 12.3. The Kier molecular flexibility index (Phi) is 5.29. The number of carboxylic acid groups (broad SMARTS) is 1. The maximum atomic E-state index is 12.0. The molecule has 0 aliphatic carbocycles. The number of rotatable bonds is 6. The van der Waals surface area contributed by atoms with Crippen LogP contribution in [0.25, 0.3) is 0 Å². The lowest BCUT2D eigenvalue weighted by molar-refractivity contribution is 0.0696. The van der Waals surface area contributed by atoms with Crippen molar-refractivity contribution in [2.45, 2.75) is 6.42 Å². The predicted octanol–water partition coefficient (Wildman–Crippen LogP) is 0.0939. The van der Waals surface area contributed by atoms with E-state index in [-0.39, 0.29) is 12.1 Å². The number of morpholine rings is 1. The Morgan fingerprint density at radius 1 is 1.33 bits per heavy atom. The average Bonchev–Trinajstić information content (AvgIpc) is 2.48. The third-order valence-electron chi connectivity index (χ3n) is 3.18. The zero-order valence-electron chi connectivity index (χ0n) is 11.5. The molecular formula is C13H18N2O5S. The topological polar surface area (TPSA) is 95.9 Å². The molecule has 8 heteroatoms. The summed E-state index contributed by atoms with van der Waals surface area (Å²) in [5.74, 6) is -0.995. The Bertz CT molecular complexity index is 596. The smallest absolute Gasteiger partial charge is 0.335 e. The van der Waals surface area contributed by atoms with Crippen molar-refractivity contribution < 1.29 is 23.1 Å². The van der Waals surface area contributed by atoms with Gasteiger partial charge in [0.2, 0.25) is 0 Å². The number of ether oxygens (including phenoxy) is 1. The quantitative estimate of drug-likeness (QED) is 0.776. The van der Waals surface area contributed by atoms with Crippen LogP contribution in [0, 0.1) is 0 Å². The van der Waals surface area contributed by atoms with Crippen LogP contribution in [0.3, 0.4) is 0 Å². The second kappa shape index (κ2) is 6.99. The monoisotopic (exact) mass is 314 g/mol. The predicted molar refractivity (Wildman–Crippen MR) is 76.4 cm³/mol. The second-order valence-corrected chi connectivity index (χ2v) is 6.42. The Hall–Kier alpha value is -1.48. The first-order valence-electron chi connectivity index (χ1n) is 6.64. The molecule has 2 N–H and O–H groups in total. The summed E-state index contributed by atoms with van der Waals surface area (Å²) in [5, 5.41) is 8.90. The Labute approximate surface area is 123 Å². The van der Waals surface area contributed by atoms with Gasteiger partial charge in [-0.3, -0.25) is 0 Å². The number of hydrogen-bond acceptors (Lipinski definition) is 4. The van der Waals surface area contributed by atoms with Gasteiger partial charge < -0.3 is 9.84 Å². The molecule has 0 unspecified atom stereocenters. The summed E-state index contributed by atoms with van der Waals surface area (Å²) < 4.78 is 33.0. The minimum atomic E-state index is -3.49. The van der Waals surface area contributed by atoms with E-state index in [1.807, 2.05) is 0 Å². The Morgan fingerprint density at radius 3 is 2.71 bits per heavy atom. The Balaban J connectivity index is 1.88. The molecule has 1 aromatic carbocycles. The molecule has 116 valence electrons. The number of nitrogens with one attached hydrogen (secondary N) is 1. The molecule has 1 heterocycles. The summed E-state index contributed by atoms with van der Waals surface area (Å²) in [7, 11) is -3.49. The van der Waals surface area contributed by atoms with Crippen LogP contribution in [-0.4, -0.2) is 56.6 Å². The molecule has 2 rings (SSSR count). The van der Waals surface area contributed by atoms with Crippen molar-refractivity contribution in [1.82, 2.24) is 9.03 Å². The van der Waals surface area contributed by atoms with Crippen molar-refractivity contribution in [2.75, 3.05) is 32.8 Å². The fourth-order valence-corrected chi connectivity index (χ4v) is 3.23. The molecule has 0 aromatic heterocycles. The van der Waals surface area contributed by atoms with E-state index in [0.29, 0.717) is 32.7 Å². The van der Waals surface area contributed by atoms with Crippen molar-refractivity contribution in [3.8, 4) is 0 Å². The van der Waals surface area contributed by atoms with Crippen molar-refractivity contribution in [3.63, 3.8) is 0 Å². The number of carbonyl (C=O) groups is 1. The van der Waals surface area contributed by atoms with Gasteiger partial charge in [-0.2, -0.15) is 12.7 Å². The lowest BCUT2D eigenvalue weighted by Crippen LogP contribution is -2.47. The lowest BCUT2D eigenvalue weighted by atomic mass is 10.1. The number of benzene rings is 1. The third kappa shape index (κ3) is 4.50. The molecule has 0 bridgehead atoms. The molecule has 0 radical (unpaired) electrons. The van der Waals surface area contributed by atoms with E-state index >= 15 is 0 Å². The molecule has 1 aromatic rings. The summed E-state index contributed by atoms with van der Waals surface area (Å²) in [6.45, 7) is 1.74. The van der Waals surface area contributed by atoms with Crippen LogP contribution in [0.1, 0.15) is 15.9 Å². The molecule has 0 saturated carbocycles. The highest BCUT2D eigenvalue weighted by Crippen LogP contribution is 2.07. The molecule has 1 aliphatic rings. The first-order valence-corrected chi connectivity index (χ1v) is 8.08. The summed E-state index contributed by atoms with van der Waals surface area (Å²) in [6.07, 6.45) is 0.435. The van der Waals surface area contributed by atoms with E-state index in [1.54, 1.807) is 18.2 Å². The highest BCUT2D eigenvalue weighted by atomic mass is 32.2. The van der Waals surface area contributed by atoms with E-state index in [2.05, 4.69) is 4.72 Å². The third-order valence-corrected chi connectivity index (χ3v) is 4.80. The second-order valence-electron chi connectivity index (χ2n) is 4.67. The number of carboxylic acids is 1. The summed E-state index contributed by atoms with van der Waals surface area (Å²) in [5.41, 5.74) is 0.975. The van der Waals surface area contributed by atoms with E-state index in [9.17, 15) is 13.2 Å². The summed E-state index contributed by atoms with van der Waals surface area (Å²) in [4.78, 5) is 10.9. The van der Waals surface area contributed by atoms with Crippen LogP contribution in [0.15, 0.2) is 24.3 Å².